The second kappa shape index (κ2) is 7.47. The highest BCUT2D eigenvalue weighted by Gasteiger charge is 2.05. The van der Waals surface area contributed by atoms with Crippen molar-refractivity contribution in [3.63, 3.8) is 0 Å². The van der Waals surface area contributed by atoms with Crippen LogP contribution in [0.15, 0.2) is 48.5 Å². The molecular formula is C16H15ClN2O3. The molecule has 0 fully saturated rings. The lowest BCUT2D eigenvalue weighted by atomic mass is 10.2. The average molecular weight is 319 g/mol. The van der Waals surface area contributed by atoms with Crippen LogP contribution in [-0.4, -0.2) is 12.0 Å². The topological polar surface area (TPSA) is 67.4 Å². The smallest absolute Gasteiger partial charge is 0.319 e. The molecule has 0 saturated heterocycles. The number of benzene rings is 2. The van der Waals surface area contributed by atoms with Crippen LogP contribution in [0, 0.1) is 0 Å². The van der Waals surface area contributed by atoms with E-state index in [0.717, 1.165) is 5.56 Å². The van der Waals surface area contributed by atoms with Crippen LogP contribution in [-0.2, 0) is 11.3 Å². The fourth-order valence-electron chi connectivity index (χ4n) is 1.80. The van der Waals surface area contributed by atoms with Gasteiger partial charge in [-0.25, -0.2) is 4.79 Å². The van der Waals surface area contributed by atoms with Crippen molar-refractivity contribution in [2.75, 3.05) is 5.32 Å². The summed E-state index contributed by atoms with van der Waals surface area (Å²) in [6.45, 7) is 1.63. The Kier molecular flexibility index (Phi) is 5.38. The third-order valence-corrected chi connectivity index (χ3v) is 3.12. The summed E-state index contributed by atoms with van der Waals surface area (Å²) in [5.41, 5.74) is 1.35. The lowest BCUT2D eigenvalue weighted by Gasteiger charge is -2.09. The number of hydrogen-bond donors (Lipinski definition) is 2. The molecule has 0 atom stereocenters. The molecule has 2 rings (SSSR count). The summed E-state index contributed by atoms with van der Waals surface area (Å²) in [6.07, 6.45) is 0. The minimum atomic E-state index is -0.416. The van der Waals surface area contributed by atoms with E-state index in [4.69, 9.17) is 16.3 Å². The Labute approximate surface area is 133 Å². The Morgan fingerprint density at radius 2 is 1.91 bits per heavy atom. The third-order valence-electron chi connectivity index (χ3n) is 2.75. The summed E-state index contributed by atoms with van der Waals surface area (Å²) in [4.78, 5) is 22.8. The molecule has 2 N–H and O–H groups in total. The van der Waals surface area contributed by atoms with Gasteiger partial charge in [-0.3, -0.25) is 4.79 Å². The van der Waals surface area contributed by atoms with Gasteiger partial charge in [-0.1, -0.05) is 35.9 Å². The minimum absolute atomic E-state index is 0.315. The van der Waals surface area contributed by atoms with Crippen LogP contribution in [0.5, 0.6) is 5.75 Å². The molecule has 0 saturated carbocycles. The molecule has 6 heteroatoms. The lowest BCUT2D eigenvalue weighted by molar-refractivity contribution is -0.131. The zero-order valence-electron chi connectivity index (χ0n) is 11.9. The zero-order chi connectivity index (χ0) is 15.9. The van der Waals surface area contributed by atoms with E-state index >= 15 is 0 Å². The first-order valence-electron chi connectivity index (χ1n) is 6.61. The van der Waals surface area contributed by atoms with Gasteiger partial charge in [-0.05, 0) is 23.8 Å². The Hall–Kier alpha value is -2.53. The number of rotatable bonds is 4. The highest BCUT2D eigenvalue weighted by molar-refractivity contribution is 6.31. The maximum atomic E-state index is 11.9. The number of nitrogens with one attached hydrogen (secondary N) is 2. The molecule has 0 aliphatic heterocycles. The van der Waals surface area contributed by atoms with Crippen molar-refractivity contribution in [3.8, 4) is 5.75 Å². The third kappa shape index (κ3) is 4.79. The number of urea groups is 1. The van der Waals surface area contributed by atoms with Crippen molar-refractivity contribution in [1.82, 2.24) is 5.32 Å². The van der Waals surface area contributed by atoms with Crippen molar-refractivity contribution in [2.24, 2.45) is 0 Å². The second-order valence-corrected chi connectivity index (χ2v) is 4.93. The van der Waals surface area contributed by atoms with Gasteiger partial charge in [-0.15, -0.1) is 0 Å². The molecule has 2 amide bonds. The molecule has 0 unspecified atom stereocenters. The summed E-state index contributed by atoms with van der Waals surface area (Å²) in [7, 11) is 0. The Morgan fingerprint density at radius 3 is 2.64 bits per heavy atom. The predicted octanol–water partition coefficient (Wildman–Crippen LogP) is 3.59. The van der Waals surface area contributed by atoms with Crippen molar-refractivity contribution in [3.05, 3.63) is 59.1 Å². The molecule has 0 spiro atoms. The first-order chi connectivity index (χ1) is 10.5. The average Bonchev–Trinajstić information content (AvgIpc) is 2.46. The van der Waals surface area contributed by atoms with Crippen LogP contribution < -0.4 is 15.4 Å². The molecule has 0 aromatic heterocycles. The molecule has 2 aromatic rings. The van der Waals surface area contributed by atoms with Gasteiger partial charge in [0.2, 0.25) is 0 Å². The van der Waals surface area contributed by atoms with Crippen LogP contribution >= 0.6 is 11.6 Å². The lowest BCUT2D eigenvalue weighted by Crippen LogP contribution is -2.28. The molecule has 0 aliphatic carbocycles. The number of carbonyl (C=O) groups excluding carboxylic acids is 2. The SMILES string of the molecule is CC(=O)Oc1cccc(NC(=O)NCc2ccccc2Cl)c1. The maximum Gasteiger partial charge on any atom is 0.319 e. The molecule has 0 aliphatic rings. The fraction of sp³-hybridized carbons (Fsp3) is 0.125. The summed E-state index contributed by atoms with van der Waals surface area (Å²) in [6, 6.07) is 13.5. The largest absolute Gasteiger partial charge is 0.427 e. The molecule has 0 heterocycles. The molecule has 0 radical (unpaired) electrons. The summed E-state index contributed by atoms with van der Waals surface area (Å²) in [5, 5.41) is 5.96. The number of hydrogen-bond acceptors (Lipinski definition) is 3. The van der Waals surface area contributed by atoms with E-state index in [1.54, 1.807) is 30.3 Å². The van der Waals surface area contributed by atoms with Crippen molar-refractivity contribution in [1.29, 1.82) is 0 Å². The molecule has 5 nitrogen and oxygen atoms in total. The van der Waals surface area contributed by atoms with Crippen LogP contribution in [0.1, 0.15) is 12.5 Å². The first-order valence-corrected chi connectivity index (χ1v) is 6.99. The van der Waals surface area contributed by atoms with Gasteiger partial charge in [0.25, 0.3) is 0 Å². The number of carbonyl (C=O) groups is 2. The van der Waals surface area contributed by atoms with E-state index in [2.05, 4.69) is 10.6 Å². The van der Waals surface area contributed by atoms with Gasteiger partial charge in [0.1, 0.15) is 5.75 Å². The monoisotopic (exact) mass is 318 g/mol. The zero-order valence-corrected chi connectivity index (χ0v) is 12.7. The highest BCUT2D eigenvalue weighted by atomic mass is 35.5. The van der Waals surface area contributed by atoms with Crippen LogP contribution in [0.25, 0.3) is 0 Å². The van der Waals surface area contributed by atoms with E-state index in [9.17, 15) is 9.59 Å². The van der Waals surface area contributed by atoms with Gasteiger partial charge in [0, 0.05) is 30.2 Å². The van der Waals surface area contributed by atoms with E-state index in [0.29, 0.717) is 23.0 Å². The molecular weight excluding hydrogens is 304 g/mol. The number of halogens is 1. The van der Waals surface area contributed by atoms with Gasteiger partial charge in [0.15, 0.2) is 0 Å². The van der Waals surface area contributed by atoms with Gasteiger partial charge < -0.3 is 15.4 Å². The van der Waals surface area contributed by atoms with E-state index < -0.39 is 5.97 Å². The maximum absolute atomic E-state index is 11.9. The quantitative estimate of drug-likeness (QED) is 0.668. The Bertz CT molecular complexity index is 689. The summed E-state index contributed by atoms with van der Waals surface area (Å²) >= 11 is 6.02. The molecule has 0 bridgehead atoms. The van der Waals surface area contributed by atoms with Crippen molar-refractivity contribution in [2.45, 2.75) is 13.5 Å². The first kappa shape index (κ1) is 15.9. The molecule has 114 valence electrons. The number of amides is 2. The van der Waals surface area contributed by atoms with E-state index in [1.807, 2.05) is 18.2 Å². The van der Waals surface area contributed by atoms with E-state index in [-0.39, 0.29) is 6.03 Å². The summed E-state index contributed by atoms with van der Waals surface area (Å²) < 4.78 is 4.95. The fourth-order valence-corrected chi connectivity index (χ4v) is 2.00. The molecule has 22 heavy (non-hydrogen) atoms. The van der Waals surface area contributed by atoms with Crippen LogP contribution in [0.3, 0.4) is 0 Å². The van der Waals surface area contributed by atoms with Crippen LogP contribution in [0.2, 0.25) is 5.02 Å². The van der Waals surface area contributed by atoms with Gasteiger partial charge in [-0.2, -0.15) is 0 Å². The predicted molar refractivity (Wildman–Crippen MR) is 85.1 cm³/mol. The number of esters is 1. The second-order valence-electron chi connectivity index (χ2n) is 4.52. The van der Waals surface area contributed by atoms with Gasteiger partial charge in [0.05, 0.1) is 0 Å². The van der Waals surface area contributed by atoms with Crippen LogP contribution in [0.4, 0.5) is 10.5 Å². The Balaban J connectivity index is 1.92. The van der Waals surface area contributed by atoms with Gasteiger partial charge >= 0.3 is 12.0 Å². The van der Waals surface area contributed by atoms with Crippen molar-refractivity contribution < 1.29 is 14.3 Å². The number of anilines is 1. The number of ether oxygens (including phenoxy) is 1. The summed E-state index contributed by atoms with van der Waals surface area (Å²) in [5.74, 6) is -0.0447. The highest BCUT2D eigenvalue weighted by Crippen LogP contribution is 2.18. The Morgan fingerprint density at radius 1 is 1.14 bits per heavy atom. The minimum Gasteiger partial charge on any atom is -0.427 e. The molecule has 2 aromatic carbocycles. The van der Waals surface area contributed by atoms with E-state index in [1.165, 1.54) is 6.92 Å². The standard InChI is InChI=1S/C16H15ClN2O3/c1-11(20)22-14-7-4-6-13(9-14)19-16(21)18-10-12-5-2-3-8-15(12)17/h2-9H,10H2,1H3,(H2,18,19,21). The van der Waals surface area contributed by atoms with Crippen molar-refractivity contribution >= 4 is 29.3 Å². The normalized spacial score (nSPS) is 9.91.